The second-order valence-electron chi connectivity index (χ2n) is 5.69. The molecule has 0 heterocycles. The van der Waals surface area contributed by atoms with E-state index < -0.39 is 5.41 Å². The SMILES string of the molecule is CCCCOCCCNC(=NCC(C)(C)C(N)=O)NCC. The molecule has 0 saturated heterocycles. The van der Waals surface area contributed by atoms with Crippen LogP contribution in [-0.4, -0.2) is 44.7 Å². The van der Waals surface area contributed by atoms with Crippen molar-refractivity contribution >= 4 is 11.9 Å². The molecular formula is C15H32N4O2. The number of primary amides is 1. The Morgan fingerprint density at radius 3 is 2.43 bits per heavy atom. The molecule has 0 radical (unpaired) electrons. The van der Waals surface area contributed by atoms with Crippen LogP contribution in [0.2, 0.25) is 0 Å². The summed E-state index contributed by atoms with van der Waals surface area (Å²) in [6.45, 7) is 11.3. The first-order chi connectivity index (χ1) is 9.94. The number of ether oxygens (including phenoxy) is 1. The molecule has 1 amide bonds. The van der Waals surface area contributed by atoms with Crippen molar-refractivity contribution in [3.05, 3.63) is 0 Å². The van der Waals surface area contributed by atoms with Crippen LogP contribution in [0.25, 0.3) is 0 Å². The van der Waals surface area contributed by atoms with Crippen LogP contribution >= 0.6 is 0 Å². The van der Waals surface area contributed by atoms with Crippen molar-refractivity contribution < 1.29 is 9.53 Å². The van der Waals surface area contributed by atoms with Crippen molar-refractivity contribution in [2.75, 3.05) is 32.8 Å². The Kier molecular flexibility index (Phi) is 10.7. The summed E-state index contributed by atoms with van der Waals surface area (Å²) < 4.78 is 5.50. The van der Waals surface area contributed by atoms with Gasteiger partial charge in [-0.3, -0.25) is 9.79 Å². The second kappa shape index (κ2) is 11.4. The van der Waals surface area contributed by atoms with E-state index in [4.69, 9.17) is 10.5 Å². The highest BCUT2D eigenvalue weighted by Crippen LogP contribution is 2.13. The van der Waals surface area contributed by atoms with E-state index in [0.29, 0.717) is 12.5 Å². The van der Waals surface area contributed by atoms with Crippen LogP contribution in [0.1, 0.15) is 47.0 Å². The van der Waals surface area contributed by atoms with Crippen LogP contribution in [0.15, 0.2) is 4.99 Å². The van der Waals surface area contributed by atoms with Crippen LogP contribution < -0.4 is 16.4 Å². The highest BCUT2D eigenvalue weighted by molar-refractivity contribution is 5.82. The molecule has 0 bridgehead atoms. The van der Waals surface area contributed by atoms with Gasteiger partial charge < -0.3 is 21.1 Å². The number of nitrogens with zero attached hydrogens (tertiary/aromatic N) is 1. The third-order valence-corrected chi connectivity index (χ3v) is 3.04. The lowest BCUT2D eigenvalue weighted by molar-refractivity contribution is -0.125. The van der Waals surface area contributed by atoms with Gasteiger partial charge in [-0.25, -0.2) is 0 Å². The van der Waals surface area contributed by atoms with Gasteiger partial charge in [-0.05, 0) is 33.6 Å². The van der Waals surface area contributed by atoms with Crippen molar-refractivity contribution in [1.82, 2.24) is 10.6 Å². The molecule has 0 saturated carbocycles. The van der Waals surface area contributed by atoms with Gasteiger partial charge in [0.25, 0.3) is 0 Å². The molecule has 0 fully saturated rings. The molecule has 0 unspecified atom stereocenters. The summed E-state index contributed by atoms with van der Waals surface area (Å²) >= 11 is 0. The predicted molar refractivity (Wildman–Crippen MR) is 87.3 cm³/mol. The highest BCUT2D eigenvalue weighted by Gasteiger charge is 2.24. The van der Waals surface area contributed by atoms with Gasteiger partial charge in [-0.1, -0.05) is 13.3 Å². The quantitative estimate of drug-likeness (QED) is 0.304. The van der Waals surface area contributed by atoms with Gasteiger partial charge in [0.1, 0.15) is 0 Å². The number of carbonyl (C=O) groups is 1. The number of unbranched alkanes of at least 4 members (excludes halogenated alkanes) is 1. The molecule has 4 N–H and O–H groups in total. The van der Waals surface area contributed by atoms with Gasteiger partial charge in [-0.2, -0.15) is 0 Å². The number of nitrogens with two attached hydrogens (primary N) is 1. The molecule has 0 aromatic rings. The molecule has 0 atom stereocenters. The van der Waals surface area contributed by atoms with E-state index in [9.17, 15) is 4.79 Å². The van der Waals surface area contributed by atoms with Crippen molar-refractivity contribution in [3.63, 3.8) is 0 Å². The van der Waals surface area contributed by atoms with E-state index in [1.165, 1.54) is 0 Å². The Balaban J connectivity index is 4.04. The lowest BCUT2D eigenvalue weighted by atomic mass is 9.93. The maximum Gasteiger partial charge on any atom is 0.224 e. The number of nitrogens with one attached hydrogen (secondary N) is 2. The summed E-state index contributed by atoms with van der Waals surface area (Å²) in [5, 5.41) is 6.38. The van der Waals surface area contributed by atoms with Gasteiger partial charge in [0.05, 0.1) is 12.0 Å². The minimum atomic E-state index is -0.633. The first kappa shape index (κ1) is 19.7. The fourth-order valence-electron chi connectivity index (χ4n) is 1.43. The molecule has 124 valence electrons. The Morgan fingerprint density at radius 2 is 1.86 bits per heavy atom. The lowest BCUT2D eigenvalue weighted by Gasteiger charge is -2.19. The van der Waals surface area contributed by atoms with Crippen LogP contribution in [-0.2, 0) is 9.53 Å². The molecule has 0 aliphatic rings. The van der Waals surface area contributed by atoms with E-state index in [-0.39, 0.29) is 5.91 Å². The fourth-order valence-corrected chi connectivity index (χ4v) is 1.43. The maximum atomic E-state index is 11.3. The Hall–Kier alpha value is -1.30. The molecule has 6 heteroatoms. The van der Waals surface area contributed by atoms with E-state index in [0.717, 1.165) is 45.6 Å². The van der Waals surface area contributed by atoms with Crippen molar-refractivity contribution in [3.8, 4) is 0 Å². The molecular weight excluding hydrogens is 268 g/mol. The molecule has 6 nitrogen and oxygen atoms in total. The summed E-state index contributed by atoms with van der Waals surface area (Å²) in [7, 11) is 0. The van der Waals surface area contributed by atoms with Crippen LogP contribution in [0.5, 0.6) is 0 Å². The maximum absolute atomic E-state index is 11.3. The summed E-state index contributed by atoms with van der Waals surface area (Å²) in [5.74, 6) is 0.367. The van der Waals surface area contributed by atoms with E-state index >= 15 is 0 Å². The summed E-state index contributed by atoms with van der Waals surface area (Å²) in [6, 6.07) is 0. The fraction of sp³-hybridized carbons (Fsp3) is 0.867. The number of carbonyl (C=O) groups excluding carboxylic acids is 1. The van der Waals surface area contributed by atoms with E-state index in [1.807, 2.05) is 6.92 Å². The Morgan fingerprint density at radius 1 is 1.19 bits per heavy atom. The largest absolute Gasteiger partial charge is 0.381 e. The van der Waals surface area contributed by atoms with Crippen molar-refractivity contribution in [1.29, 1.82) is 0 Å². The first-order valence-corrected chi connectivity index (χ1v) is 7.83. The average Bonchev–Trinajstić information content (AvgIpc) is 2.43. The van der Waals surface area contributed by atoms with Gasteiger partial charge in [0, 0.05) is 26.3 Å². The third-order valence-electron chi connectivity index (χ3n) is 3.04. The smallest absolute Gasteiger partial charge is 0.224 e. The molecule has 0 aromatic heterocycles. The molecule has 0 aromatic carbocycles. The zero-order valence-corrected chi connectivity index (χ0v) is 14.0. The van der Waals surface area contributed by atoms with Gasteiger partial charge in [-0.15, -0.1) is 0 Å². The standard InChI is InChI=1S/C15H32N4O2/c1-5-7-10-21-11-8-9-18-14(17-6-2)19-12-15(3,4)13(16)20/h5-12H2,1-4H3,(H2,16,20)(H2,17,18,19). The first-order valence-electron chi connectivity index (χ1n) is 7.83. The molecule has 0 spiro atoms. The van der Waals surface area contributed by atoms with Crippen molar-refractivity contribution in [2.45, 2.75) is 47.0 Å². The monoisotopic (exact) mass is 300 g/mol. The number of amides is 1. The predicted octanol–water partition coefficient (Wildman–Crippen LogP) is 1.26. The lowest BCUT2D eigenvalue weighted by Crippen LogP contribution is -2.40. The van der Waals surface area contributed by atoms with Crippen molar-refractivity contribution in [2.24, 2.45) is 16.1 Å². The van der Waals surface area contributed by atoms with Gasteiger partial charge >= 0.3 is 0 Å². The number of hydrogen-bond donors (Lipinski definition) is 3. The van der Waals surface area contributed by atoms with Crippen LogP contribution in [0.3, 0.4) is 0 Å². The van der Waals surface area contributed by atoms with Crippen LogP contribution in [0.4, 0.5) is 0 Å². The van der Waals surface area contributed by atoms with E-state index in [1.54, 1.807) is 13.8 Å². The topological polar surface area (TPSA) is 88.7 Å². The van der Waals surface area contributed by atoms with Gasteiger partial charge in [0.15, 0.2) is 5.96 Å². The van der Waals surface area contributed by atoms with Gasteiger partial charge in [0.2, 0.25) is 5.91 Å². The zero-order chi connectivity index (χ0) is 16.1. The second-order valence-corrected chi connectivity index (χ2v) is 5.69. The number of aliphatic imine (C=N–C) groups is 1. The Labute approximate surface area is 128 Å². The highest BCUT2D eigenvalue weighted by atomic mass is 16.5. The number of rotatable bonds is 11. The third kappa shape index (κ3) is 10.1. The molecule has 0 rings (SSSR count). The molecule has 21 heavy (non-hydrogen) atoms. The molecule has 0 aliphatic carbocycles. The number of guanidine groups is 1. The zero-order valence-electron chi connectivity index (χ0n) is 14.0. The van der Waals surface area contributed by atoms with E-state index in [2.05, 4.69) is 22.5 Å². The normalized spacial score (nSPS) is 12.3. The summed E-state index contributed by atoms with van der Waals surface area (Å²) in [6.07, 6.45) is 3.19. The summed E-state index contributed by atoms with van der Waals surface area (Å²) in [5.41, 5.74) is 4.71. The van der Waals surface area contributed by atoms with Crippen LogP contribution in [0, 0.1) is 5.41 Å². The molecule has 0 aliphatic heterocycles. The number of hydrogen-bond acceptors (Lipinski definition) is 3. The minimum Gasteiger partial charge on any atom is -0.381 e. The Bertz CT molecular complexity index is 317. The average molecular weight is 300 g/mol. The summed E-state index contributed by atoms with van der Waals surface area (Å²) in [4.78, 5) is 15.7. The minimum absolute atomic E-state index is 0.341.